The normalized spacial score (nSPS) is 21.0. The number of benzene rings is 1. The number of hydrogen-bond donors (Lipinski definition) is 0. The van der Waals surface area contributed by atoms with E-state index in [0.717, 1.165) is 12.1 Å². The molecule has 2 aliphatic heterocycles. The molecule has 2 unspecified atom stereocenters. The highest BCUT2D eigenvalue weighted by Crippen LogP contribution is 2.41. The molecule has 1 aromatic carbocycles. The molecule has 154 valence electrons. The quantitative estimate of drug-likeness (QED) is 0.609. The lowest BCUT2D eigenvalue weighted by Gasteiger charge is -2.37. The number of rotatable bonds is 4. The molecule has 0 N–H and O–H groups in total. The largest absolute Gasteiger partial charge is 0.497 e. The first-order valence-electron chi connectivity index (χ1n) is 10.0. The molecule has 1 saturated heterocycles. The van der Waals surface area contributed by atoms with Crippen molar-refractivity contribution < 1.29 is 14.3 Å². The molecule has 2 atom stereocenters. The number of anilines is 1. The maximum atomic E-state index is 13.6. The van der Waals surface area contributed by atoms with Crippen LogP contribution in [0.2, 0.25) is 0 Å². The highest BCUT2D eigenvalue weighted by atomic mass is 32.1. The fourth-order valence-corrected chi connectivity index (χ4v) is 6.20. The summed E-state index contributed by atoms with van der Waals surface area (Å²) in [5.41, 5.74) is 2.01. The first-order valence-corrected chi connectivity index (χ1v) is 11.8. The first-order chi connectivity index (χ1) is 14.7. The Kier molecular flexibility index (Phi) is 5.08. The molecule has 1 fully saturated rings. The molecule has 0 aliphatic carbocycles. The number of nitrogens with zero attached hydrogens (tertiary/aromatic N) is 2. The number of thiophene rings is 2. The molecule has 2 aromatic heterocycles. The third-order valence-corrected chi connectivity index (χ3v) is 7.82. The van der Waals surface area contributed by atoms with E-state index in [4.69, 9.17) is 4.74 Å². The molecule has 5 rings (SSSR count). The zero-order valence-electron chi connectivity index (χ0n) is 16.6. The van der Waals surface area contributed by atoms with E-state index < -0.39 is 0 Å². The van der Waals surface area contributed by atoms with Crippen molar-refractivity contribution in [3.63, 3.8) is 0 Å². The first kappa shape index (κ1) is 19.3. The van der Waals surface area contributed by atoms with Crippen LogP contribution in [0.4, 0.5) is 5.69 Å². The number of ether oxygens (including phenoxy) is 1. The van der Waals surface area contributed by atoms with E-state index in [2.05, 4.69) is 22.9 Å². The number of methoxy groups -OCH3 is 1. The van der Waals surface area contributed by atoms with Gasteiger partial charge in [-0.15, -0.1) is 22.7 Å². The van der Waals surface area contributed by atoms with Crippen molar-refractivity contribution in [3.8, 4) is 5.75 Å². The van der Waals surface area contributed by atoms with Gasteiger partial charge in [-0.3, -0.25) is 9.59 Å². The van der Waals surface area contributed by atoms with Crippen LogP contribution in [-0.4, -0.2) is 36.9 Å². The van der Waals surface area contributed by atoms with Crippen molar-refractivity contribution in [3.05, 3.63) is 68.5 Å². The van der Waals surface area contributed by atoms with Gasteiger partial charge in [-0.2, -0.15) is 0 Å². The van der Waals surface area contributed by atoms with Crippen LogP contribution in [0.5, 0.6) is 5.75 Å². The maximum absolute atomic E-state index is 13.6. The summed E-state index contributed by atoms with van der Waals surface area (Å²) in [6.45, 7) is 1.10. The summed E-state index contributed by atoms with van der Waals surface area (Å²) in [5, 5.41) is 4.17. The standard InChI is InChI=1S/C23H22N2O3S2/c1-28-17-5-2-4-16(13-17)25-14-15(12-21(25)26)23(27)24-9-7-19-18(8-11-30-19)22(24)20-6-3-10-29-20/h2-6,8,10-11,13,15,22H,7,9,12,14H2,1H3. The molecule has 7 heteroatoms. The van der Waals surface area contributed by atoms with E-state index in [0.29, 0.717) is 18.8 Å². The second kappa shape index (κ2) is 7.89. The maximum Gasteiger partial charge on any atom is 0.228 e. The van der Waals surface area contributed by atoms with Crippen molar-refractivity contribution in [1.82, 2.24) is 4.90 Å². The third kappa shape index (κ3) is 3.32. The Labute approximate surface area is 183 Å². The molecule has 2 aliphatic rings. The number of carbonyl (C=O) groups is 2. The fourth-order valence-electron chi connectivity index (χ4n) is 4.44. The lowest BCUT2D eigenvalue weighted by molar-refractivity contribution is -0.137. The van der Waals surface area contributed by atoms with Gasteiger partial charge in [0, 0.05) is 41.0 Å². The number of fused-ring (bicyclic) bond motifs is 1. The molecular weight excluding hydrogens is 416 g/mol. The Hall–Kier alpha value is -2.64. The highest BCUT2D eigenvalue weighted by Gasteiger charge is 2.41. The van der Waals surface area contributed by atoms with Crippen LogP contribution in [0.15, 0.2) is 53.2 Å². The van der Waals surface area contributed by atoms with Gasteiger partial charge in [0.1, 0.15) is 5.75 Å². The Morgan fingerprint density at radius 2 is 2.03 bits per heavy atom. The zero-order chi connectivity index (χ0) is 20.7. The van der Waals surface area contributed by atoms with Crippen molar-refractivity contribution in [2.45, 2.75) is 18.9 Å². The van der Waals surface area contributed by atoms with Gasteiger partial charge in [0.05, 0.1) is 19.1 Å². The summed E-state index contributed by atoms with van der Waals surface area (Å²) in [6.07, 6.45) is 1.13. The van der Waals surface area contributed by atoms with Gasteiger partial charge in [-0.05, 0) is 47.0 Å². The van der Waals surface area contributed by atoms with E-state index in [1.54, 1.807) is 34.7 Å². The average Bonchev–Trinajstić information content (AvgIpc) is 3.53. The van der Waals surface area contributed by atoms with Gasteiger partial charge in [-0.1, -0.05) is 12.1 Å². The Balaban J connectivity index is 1.41. The summed E-state index contributed by atoms with van der Waals surface area (Å²) >= 11 is 3.45. The van der Waals surface area contributed by atoms with Crippen LogP contribution < -0.4 is 9.64 Å². The van der Waals surface area contributed by atoms with E-state index in [1.807, 2.05) is 35.2 Å². The summed E-state index contributed by atoms with van der Waals surface area (Å²) < 4.78 is 5.29. The Morgan fingerprint density at radius 3 is 2.83 bits per heavy atom. The van der Waals surface area contributed by atoms with Crippen LogP contribution in [0.1, 0.15) is 27.8 Å². The SMILES string of the molecule is COc1cccc(N2CC(C(=O)N3CCc4sccc4C3c3cccs3)CC2=O)c1. The average molecular weight is 439 g/mol. The van der Waals surface area contributed by atoms with Gasteiger partial charge in [0.2, 0.25) is 11.8 Å². The minimum Gasteiger partial charge on any atom is -0.497 e. The van der Waals surface area contributed by atoms with Crippen molar-refractivity contribution in [2.75, 3.05) is 25.1 Å². The third-order valence-electron chi connectivity index (χ3n) is 5.90. The Bertz CT molecular complexity index is 1080. The predicted molar refractivity (Wildman–Crippen MR) is 119 cm³/mol. The Morgan fingerprint density at radius 1 is 1.13 bits per heavy atom. The van der Waals surface area contributed by atoms with Gasteiger partial charge in [0.15, 0.2) is 0 Å². The van der Waals surface area contributed by atoms with E-state index >= 15 is 0 Å². The van der Waals surface area contributed by atoms with Crippen LogP contribution in [-0.2, 0) is 16.0 Å². The monoisotopic (exact) mass is 438 g/mol. The van der Waals surface area contributed by atoms with Gasteiger partial charge >= 0.3 is 0 Å². The van der Waals surface area contributed by atoms with Crippen molar-refractivity contribution in [2.24, 2.45) is 5.92 Å². The number of carbonyl (C=O) groups excluding carboxylic acids is 2. The summed E-state index contributed by atoms with van der Waals surface area (Å²) in [6, 6.07) is 13.7. The molecular formula is C23H22N2O3S2. The zero-order valence-corrected chi connectivity index (χ0v) is 18.2. The molecule has 0 bridgehead atoms. The molecule has 5 nitrogen and oxygen atoms in total. The van der Waals surface area contributed by atoms with E-state index in [9.17, 15) is 9.59 Å². The van der Waals surface area contributed by atoms with Crippen LogP contribution >= 0.6 is 22.7 Å². The lowest BCUT2D eigenvalue weighted by atomic mass is 9.96. The van der Waals surface area contributed by atoms with Crippen LogP contribution in [0.3, 0.4) is 0 Å². The fraction of sp³-hybridized carbons (Fsp3) is 0.304. The van der Waals surface area contributed by atoms with E-state index in [1.165, 1.54) is 15.3 Å². The van der Waals surface area contributed by atoms with E-state index in [-0.39, 0.29) is 30.2 Å². The van der Waals surface area contributed by atoms with Crippen molar-refractivity contribution >= 4 is 40.2 Å². The lowest BCUT2D eigenvalue weighted by Crippen LogP contribution is -2.43. The highest BCUT2D eigenvalue weighted by molar-refractivity contribution is 7.10. The van der Waals surface area contributed by atoms with Crippen LogP contribution in [0.25, 0.3) is 0 Å². The number of amides is 2. The molecule has 3 aromatic rings. The van der Waals surface area contributed by atoms with Crippen LogP contribution in [0, 0.1) is 5.92 Å². The smallest absolute Gasteiger partial charge is 0.228 e. The topological polar surface area (TPSA) is 49.9 Å². The molecule has 30 heavy (non-hydrogen) atoms. The minimum atomic E-state index is -0.327. The summed E-state index contributed by atoms with van der Waals surface area (Å²) in [7, 11) is 1.61. The molecule has 0 spiro atoms. The molecule has 0 saturated carbocycles. The van der Waals surface area contributed by atoms with Crippen molar-refractivity contribution in [1.29, 1.82) is 0 Å². The summed E-state index contributed by atoms with van der Waals surface area (Å²) in [4.78, 5) is 32.6. The van der Waals surface area contributed by atoms with Gasteiger partial charge in [0.25, 0.3) is 0 Å². The second-order valence-corrected chi connectivity index (χ2v) is 9.59. The number of hydrogen-bond acceptors (Lipinski definition) is 5. The molecule has 2 amide bonds. The molecule has 4 heterocycles. The summed E-state index contributed by atoms with van der Waals surface area (Å²) in [5.74, 6) is 0.437. The minimum absolute atomic E-state index is 0.0116. The molecule has 0 radical (unpaired) electrons. The van der Waals surface area contributed by atoms with Gasteiger partial charge in [-0.25, -0.2) is 0 Å². The predicted octanol–water partition coefficient (Wildman–Crippen LogP) is 4.35. The second-order valence-electron chi connectivity index (χ2n) is 7.61. The van der Waals surface area contributed by atoms with Gasteiger partial charge < -0.3 is 14.5 Å².